The van der Waals surface area contributed by atoms with E-state index in [1.165, 1.54) is 19.4 Å². The van der Waals surface area contributed by atoms with Gasteiger partial charge in [0.05, 0.1) is 5.92 Å². The quantitative estimate of drug-likeness (QED) is 0.846. The average Bonchev–Trinajstić information content (AvgIpc) is 2.74. The lowest BCUT2D eigenvalue weighted by Gasteiger charge is -2.40. The molecule has 1 heterocycles. The smallest absolute Gasteiger partial charge is 0.308 e. The van der Waals surface area contributed by atoms with E-state index in [0.29, 0.717) is 12.0 Å². The van der Waals surface area contributed by atoms with E-state index in [4.69, 9.17) is 0 Å². The lowest BCUT2D eigenvalue weighted by Crippen LogP contribution is -2.49. The van der Waals surface area contributed by atoms with Crippen molar-refractivity contribution in [3.8, 4) is 0 Å². The second-order valence-corrected chi connectivity index (χ2v) is 6.65. The van der Waals surface area contributed by atoms with E-state index in [2.05, 4.69) is 30.8 Å². The zero-order chi connectivity index (χ0) is 14.0. The van der Waals surface area contributed by atoms with E-state index >= 15 is 0 Å². The molecule has 0 aromatic carbocycles. The Morgan fingerprint density at radius 3 is 2.68 bits per heavy atom. The third-order valence-electron chi connectivity index (χ3n) is 5.13. The molecular formula is C15H28N2O2. The van der Waals surface area contributed by atoms with Crippen molar-refractivity contribution in [2.75, 3.05) is 27.2 Å². The Morgan fingerprint density at radius 1 is 1.37 bits per heavy atom. The van der Waals surface area contributed by atoms with Gasteiger partial charge in [0.25, 0.3) is 0 Å². The summed E-state index contributed by atoms with van der Waals surface area (Å²) in [6, 6.07) is 0.826. The van der Waals surface area contributed by atoms with Crippen LogP contribution >= 0.6 is 0 Å². The molecule has 1 saturated heterocycles. The highest BCUT2D eigenvalue weighted by molar-refractivity contribution is 5.71. The first kappa shape index (κ1) is 14.8. The summed E-state index contributed by atoms with van der Waals surface area (Å²) in [6.07, 6.45) is 5.46. The van der Waals surface area contributed by atoms with E-state index < -0.39 is 5.97 Å². The summed E-state index contributed by atoms with van der Waals surface area (Å²) in [6.45, 7) is 4.44. The van der Waals surface area contributed by atoms with Gasteiger partial charge in [0, 0.05) is 18.6 Å². The van der Waals surface area contributed by atoms with Crippen molar-refractivity contribution in [3.63, 3.8) is 0 Å². The lowest BCUT2D eigenvalue weighted by atomic mass is 9.78. The van der Waals surface area contributed by atoms with Crippen LogP contribution in [0.15, 0.2) is 0 Å². The molecule has 0 spiro atoms. The zero-order valence-corrected chi connectivity index (χ0v) is 12.5. The molecule has 110 valence electrons. The number of rotatable bonds is 4. The minimum Gasteiger partial charge on any atom is -0.481 e. The normalized spacial score (nSPS) is 36.8. The molecule has 4 nitrogen and oxygen atoms in total. The van der Waals surface area contributed by atoms with Crippen molar-refractivity contribution >= 4 is 5.97 Å². The van der Waals surface area contributed by atoms with Crippen LogP contribution in [0.25, 0.3) is 0 Å². The lowest BCUT2D eigenvalue weighted by molar-refractivity contribution is -0.146. The Kier molecular flexibility index (Phi) is 4.85. The minimum absolute atomic E-state index is 0.173. The molecule has 0 aromatic heterocycles. The Morgan fingerprint density at radius 2 is 2.11 bits per heavy atom. The maximum absolute atomic E-state index is 11.4. The monoisotopic (exact) mass is 268 g/mol. The first-order chi connectivity index (χ1) is 8.99. The van der Waals surface area contributed by atoms with Crippen LogP contribution in [0.5, 0.6) is 0 Å². The first-order valence-corrected chi connectivity index (χ1v) is 7.62. The number of nitrogens with zero attached hydrogens (tertiary/aromatic N) is 2. The number of carboxylic acids is 1. The molecule has 4 heteroatoms. The van der Waals surface area contributed by atoms with Crippen LogP contribution in [0.1, 0.15) is 39.0 Å². The fraction of sp³-hybridized carbons (Fsp3) is 0.933. The summed E-state index contributed by atoms with van der Waals surface area (Å²) in [5.41, 5.74) is 0. The van der Waals surface area contributed by atoms with E-state index in [-0.39, 0.29) is 12.0 Å². The van der Waals surface area contributed by atoms with Gasteiger partial charge in [-0.05, 0) is 58.7 Å². The van der Waals surface area contributed by atoms with Crippen molar-refractivity contribution in [3.05, 3.63) is 0 Å². The summed E-state index contributed by atoms with van der Waals surface area (Å²) in [5, 5.41) is 9.42. The standard InChI is InChI=1S/C15H28N2O2/c1-11-6-7-13(15(18)19)14(9-11)17(3)10-12-5-4-8-16(12)2/h11-14H,4-10H2,1-3H3,(H,18,19). The average molecular weight is 268 g/mol. The van der Waals surface area contributed by atoms with Crippen LogP contribution < -0.4 is 0 Å². The topological polar surface area (TPSA) is 43.8 Å². The Bertz CT molecular complexity index is 321. The molecule has 4 unspecified atom stereocenters. The molecule has 0 aromatic rings. The maximum Gasteiger partial charge on any atom is 0.308 e. The van der Waals surface area contributed by atoms with Crippen LogP contribution in [0, 0.1) is 11.8 Å². The Hall–Kier alpha value is -0.610. The van der Waals surface area contributed by atoms with Gasteiger partial charge in [0.1, 0.15) is 0 Å². The van der Waals surface area contributed by atoms with Crippen LogP contribution in [-0.2, 0) is 4.79 Å². The van der Waals surface area contributed by atoms with Crippen LogP contribution in [-0.4, -0.2) is 60.1 Å². The summed E-state index contributed by atoms with van der Waals surface area (Å²) >= 11 is 0. The molecule has 1 aliphatic carbocycles. The maximum atomic E-state index is 11.4. The molecule has 1 aliphatic heterocycles. The SMILES string of the molecule is CC1CCC(C(=O)O)C(N(C)CC2CCCN2C)C1. The molecule has 1 saturated carbocycles. The van der Waals surface area contributed by atoms with E-state index in [9.17, 15) is 9.90 Å². The van der Waals surface area contributed by atoms with Gasteiger partial charge in [-0.25, -0.2) is 0 Å². The number of carbonyl (C=O) groups is 1. The summed E-state index contributed by atoms with van der Waals surface area (Å²) in [7, 11) is 4.30. The number of carboxylic acid groups (broad SMARTS) is 1. The summed E-state index contributed by atoms with van der Waals surface area (Å²) in [5.74, 6) is -0.124. The molecule has 19 heavy (non-hydrogen) atoms. The van der Waals surface area contributed by atoms with Crippen LogP contribution in [0.4, 0.5) is 0 Å². The molecule has 0 amide bonds. The largest absolute Gasteiger partial charge is 0.481 e. The van der Waals surface area contributed by atoms with Gasteiger partial charge < -0.3 is 14.9 Å². The molecule has 2 rings (SSSR count). The minimum atomic E-state index is -0.608. The fourth-order valence-corrected chi connectivity index (χ4v) is 3.80. The molecule has 0 bridgehead atoms. The van der Waals surface area contributed by atoms with Crippen LogP contribution in [0.3, 0.4) is 0 Å². The first-order valence-electron chi connectivity index (χ1n) is 7.62. The third kappa shape index (κ3) is 3.48. The number of hydrogen-bond acceptors (Lipinski definition) is 3. The summed E-state index contributed by atoms with van der Waals surface area (Å²) in [4.78, 5) is 16.2. The van der Waals surface area contributed by atoms with E-state index in [1.807, 2.05) is 0 Å². The fourth-order valence-electron chi connectivity index (χ4n) is 3.80. The number of hydrogen-bond donors (Lipinski definition) is 1. The molecule has 2 fully saturated rings. The van der Waals surface area contributed by atoms with Crippen molar-refractivity contribution in [2.24, 2.45) is 11.8 Å². The highest BCUT2D eigenvalue weighted by Crippen LogP contribution is 2.32. The highest BCUT2D eigenvalue weighted by atomic mass is 16.4. The molecule has 1 N–H and O–H groups in total. The predicted molar refractivity (Wildman–Crippen MR) is 76.2 cm³/mol. The van der Waals surface area contributed by atoms with Gasteiger partial charge in [-0.1, -0.05) is 6.92 Å². The Balaban J connectivity index is 1.97. The van der Waals surface area contributed by atoms with Crippen molar-refractivity contribution < 1.29 is 9.90 Å². The van der Waals surface area contributed by atoms with E-state index in [1.54, 1.807) is 0 Å². The Labute approximate surface area is 116 Å². The number of likely N-dealkylation sites (N-methyl/N-ethyl adjacent to an activating group) is 2. The second kappa shape index (κ2) is 6.23. The van der Waals surface area contributed by atoms with Gasteiger partial charge in [0.2, 0.25) is 0 Å². The zero-order valence-electron chi connectivity index (χ0n) is 12.5. The van der Waals surface area contributed by atoms with Crippen molar-refractivity contribution in [2.45, 2.75) is 51.1 Å². The second-order valence-electron chi connectivity index (χ2n) is 6.65. The van der Waals surface area contributed by atoms with Crippen molar-refractivity contribution in [1.82, 2.24) is 9.80 Å². The van der Waals surface area contributed by atoms with Crippen LogP contribution in [0.2, 0.25) is 0 Å². The number of aliphatic carboxylic acids is 1. The van der Waals surface area contributed by atoms with Crippen molar-refractivity contribution in [1.29, 1.82) is 0 Å². The predicted octanol–water partition coefficient (Wildman–Crippen LogP) is 1.90. The molecule has 4 atom stereocenters. The summed E-state index contributed by atoms with van der Waals surface area (Å²) < 4.78 is 0. The molecule has 0 radical (unpaired) electrons. The highest BCUT2D eigenvalue weighted by Gasteiger charge is 2.37. The van der Waals surface area contributed by atoms with Gasteiger partial charge >= 0.3 is 5.97 Å². The third-order valence-corrected chi connectivity index (χ3v) is 5.13. The van der Waals surface area contributed by atoms with E-state index in [0.717, 1.165) is 25.8 Å². The van der Waals surface area contributed by atoms with Gasteiger partial charge in [-0.3, -0.25) is 4.79 Å². The number of likely N-dealkylation sites (tertiary alicyclic amines) is 1. The van der Waals surface area contributed by atoms with Gasteiger partial charge in [-0.2, -0.15) is 0 Å². The van der Waals surface area contributed by atoms with Gasteiger partial charge in [-0.15, -0.1) is 0 Å². The molecular weight excluding hydrogens is 240 g/mol. The van der Waals surface area contributed by atoms with Gasteiger partial charge in [0.15, 0.2) is 0 Å². The molecule has 2 aliphatic rings.